The number of hydrogen-bond acceptors (Lipinski definition) is 3. The van der Waals surface area contributed by atoms with E-state index in [9.17, 15) is 4.79 Å². The van der Waals surface area contributed by atoms with E-state index in [2.05, 4.69) is 4.90 Å². The molecule has 0 aromatic heterocycles. The Morgan fingerprint density at radius 3 is 2.69 bits per heavy atom. The summed E-state index contributed by atoms with van der Waals surface area (Å²) in [6.45, 7) is 4.18. The van der Waals surface area contributed by atoms with Gasteiger partial charge in [0.1, 0.15) is 0 Å². The highest BCUT2D eigenvalue weighted by molar-refractivity contribution is 6.67. The van der Waals surface area contributed by atoms with Crippen LogP contribution in [-0.4, -0.2) is 34.9 Å². The van der Waals surface area contributed by atoms with Crippen molar-refractivity contribution in [1.29, 1.82) is 0 Å². The predicted octanol–water partition coefficient (Wildman–Crippen LogP) is 1.88. The summed E-state index contributed by atoms with van der Waals surface area (Å²) in [6, 6.07) is 7.28. The van der Waals surface area contributed by atoms with Crippen molar-refractivity contribution in [3.8, 4) is 0 Å². The van der Waals surface area contributed by atoms with E-state index in [-0.39, 0.29) is 6.61 Å². The molecule has 0 unspecified atom stereocenters. The highest BCUT2D eigenvalue weighted by Crippen LogP contribution is 2.13. The summed E-state index contributed by atoms with van der Waals surface area (Å²) in [4.78, 5) is 13.2. The fraction of sp³-hybridized carbons (Fsp3) is 0.417. The van der Waals surface area contributed by atoms with Crippen LogP contribution in [0.25, 0.3) is 0 Å². The number of carbonyl (C=O) groups is 1. The number of aliphatic hydroxyl groups is 1. The zero-order valence-corrected chi connectivity index (χ0v) is 10.1. The molecule has 1 rings (SSSR count). The topological polar surface area (TPSA) is 40.5 Å². The Morgan fingerprint density at radius 2 is 2.12 bits per heavy atom. The van der Waals surface area contributed by atoms with Gasteiger partial charge in [-0.25, -0.2) is 0 Å². The molecule has 0 heterocycles. The van der Waals surface area contributed by atoms with Crippen molar-refractivity contribution in [3.05, 3.63) is 35.4 Å². The van der Waals surface area contributed by atoms with Crippen LogP contribution in [0.4, 0.5) is 0 Å². The molecule has 0 fully saturated rings. The van der Waals surface area contributed by atoms with Crippen molar-refractivity contribution in [2.24, 2.45) is 0 Å². The fourth-order valence-electron chi connectivity index (χ4n) is 1.58. The van der Waals surface area contributed by atoms with Crippen molar-refractivity contribution >= 4 is 16.8 Å². The SMILES string of the molecule is CCN(CCO)Cc1ccccc1C(=O)Cl. The molecule has 0 amide bonds. The van der Waals surface area contributed by atoms with Crippen LogP contribution in [0.15, 0.2) is 24.3 Å². The molecule has 0 aliphatic rings. The second kappa shape index (κ2) is 6.63. The molecule has 1 N–H and O–H groups in total. The number of rotatable bonds is 6. The van der Waals surface area contributed by atoms with Crippen LogP contribution in [0, 0.1) is 0 Å². The molecule has 1 aromatic carbocycles. The summed E-state index contributed by atoms with van der Waals surface area (Å²) in [5, 5.41) is 8.46. The molecule has 0 bridgehead atoms. The zero-order chi connectivity index (χ0) is 12.0. The third-order valence-electron chi connectivity index (χ3n) is 2.49. The van der Waals surface area contributed by atoms with Crippen LogP contribution in [0.2, 0.25) is 0 Å². The third-order valence-corrected chi connectivity index (χ3v) is 2.69. The lowest BCUT2D eigenvalue weighted by atomic mass is 10.1. The Bertz CT molecular complexity index is 355. The van der Waals surface area contributed by atoms with Gasteiger partial charge in [-0.1, -0.05) is 25.1 Å². The number of halogens is 1. The van der Waals surface area contributed by atoms with Crippen LogP contribution in [0.3, 0.4) is 0 Å². The molecule has 0 aliphatic carbocycles. The molecule has 88 valence electrons. The molecule has 0 radical (unpaired) electrons. The number of benzene rings is 1. The average Bonchev–Trinajstić information content (AvgIpc) is 2.29. The number of hydrogen-bond donors (Lipinski definition) is 1. The largest absolute Gasteiger partial charge is 0.395 e. The molecule has 3 nitrogen and oxygen atoms in total. The van der Waals surface area contributed by atoms with Crippen molar-refractivity contribution < 1.29 is 9.90 Å². The maximum atomic E-state index is 11.2. The zero-order valence-electron chi connectivity index (χ0n) is 9.32. The lowest BCUT2D eigenvalue weighted by molar-refractivity contribution is 0.107. The van der Waals surface area contributed by atoms with Crippen molar-refractivity contribution in [1.82, 2.24) is 4.90 Å². The second-order valence-corrected chi connectivity index (χ2v) is 3.87. The number of likely N-dealkylation sites (N-methyl/N-ethyl adjacent to an activating group) is 1. The lowest BCUT2D eigenvalue weighted by Crippen LogP contribution is -2.26. The first-order valence-electron chi connectivity index (χ1n) is 5.30. The minimum atomic E-state index is -0.435. The van der Waals surface area contributed by atoms with E-state index < -0.39 is 5.24 Å². The Balaban J connectivity index is 2.82. The maximum absolute atomic E-state index is 11.2. The molecule has 0 saturated carbocycles. The third kappa shape index (κ3) is 3.59. The quantitative estimate of drug-likeness (QED) is 0.774. The first kappa shape index (κ1) is 13.2. The van der Waals surface area contributed by atoms with E-state index in [0.717, 1.165) is 12.1 Å². The molecule has 4 heteroatoms. The van der Waals surface area contributed by atoms with Gasteiger partial charge in [-0.05, 0) is 29.8 Å². The normalized spacial score (nSPS) is 10.8. The smallest absolute Gasteiger partial charge is 0.252 e. The van der Waals surface area contributed by atoms with E-state index in [1.165, 1.54) is 0 Å². The highest BCUT2D eigenvalue weighted by atomic mass is 35.5. The molecule has 0 spiro atoms. The van der Waals surface area contributed by atoms with Gasteiger partial charge in [0.15, 0.2) is 0 Å². The van der Waals surface area contributed by atoms with Gasteiger partial charge in [0.2, 0.25) is 0 Å². The van der Waals surface area contributed by atoms with Gasteiger partial charge in [-0.15, -0.1) is 0 Å². The molecular formula is C12H16ClNO2. The Kier molecular flexibility index (Phi) is 5.46. The summed E-state index contributed by atoms with van der Waals surface area (Å²) in [5.41, 5.74) is 1.44. The number of nitrogens with zero attached hydrogens (tertiary/aromatic N) is 1. The molecule has 0 saturated heterocycles. The Labute approximate surface area is 101 Å². The lowest BCUT2D eigenvalue weighted by Gasteiger charge is -2.20. The van der Waals surface area contributed by atoms with Crippen LogP contribution < -0.4 is 0 Å². The van der Waals surface area contributed by atoms with Gasteiger partial charge in [-0.3, -0.25) is 9.69 Å². The molecule has 16 heavy (non-hydrogen) atoms. The van der Waals surface area contributed by atoms with Crippen LogP contribution in [0.5, 0.6) is 0 Å². The van der Waals surface area contributed by atoms with Gasteiger partial charge >= 0.3 is 0 Å². The molecule has 0 aliphatic heterocycles. The van der Waals surface area contributed by atoms with E-state index in [4.69, 9.17) is 16.7 Å². The molecule has 0 atom stereocenters. The van der Waals surface area contributed by atoms with E-state index in [1.54, 1.807) is 12.1 Å². The van der Waals surface area contributed by atoms with Crippen LogP contribution in [-0.2, 0) is 6.54 Å². The first-order chi connectivity index (χ1) is 7.69. The standard InChI is InChI=1S/C12H16ClNO2/c1-2-14(7-8-15)9-10-5-3-4-6-11(10)12(13)16/h3-6,15H,2,7-9H2,1H3. The van der Waals surface area contributed by atoms with Gasteiger partial charge in [0.05, 0.1) is 6.61 Å². The van der Waals surface area contributed by atoms with E-state index >= 15 is 0 Å². The predicted molar refractivity (Wildman–Crippen MR) is 64.7 cm³/mol. The maximum Gasteiger partial charge on any atom is 0.252 e. The Morgan fingerprint density at radius 1 is 1.44 bits per heavy atom. The fourth-order valence-corrected chi connectivity index (χ4v) is 1.77. The van der Waals surface area contributed by atoms with Crippen molar-refractivity contribution in [2.75, 3.05) is 19.7 Å². The summed E-state index contributed by atoms with van der Waals surface area (Å²) < 4.78 is 0. The van der Waals surface area contributed by atoms with Crippen LogP contribution in [0.1, 0.15) is 22.8 Å². The highest BCUT2D eigenvalue weighted by Gasteiger charge is 2.10. The summed E-state index contributed by atoms with van der Waals surface area (Å²) in [7, 11) is 0. The van der Waals surface area contributed by atoms with Gasteiger partial charge in [0, 0.05) is 18.7 Å². The number of carbonyl (C=O) groups excluding carboxylic acids is 1. The molecular weight excluding hydrogens is 226 g/mol. The Hall–Kier alpha value is -0.900. The van der Waals surface area contributed by atoms with Gasteiger partial charge < -0.3 is 5.11 Å². The van der Waals surface area contributed by atoms with E-state index in [0.29, 0.717) is 18.7 Å². The van der Waals surface area contributed by atoms with Crippen LogP contribution >= 0.6 is 11.6 Å². The van der Waals surface area contributed by atoms with Crippen molar-refractivity contribution in [3.63, 3.8) is 0 Å². The monoisotopic (exact) mass is 241 g/mol. The van der Waals surface area contributed by atoms with Gasteiger partial charge in [0.25, 0.3) is 5.24 Å². The van der Waals surface area contributed by atoms with Crippen molar-refractivity contribution in [2.45, 2.75) is 13.5 Å². The minimum Gasteiger partial charge on any atom is -0.395 e. The number of aliphatic hydroxyl groups excluding tert-OH is 1. The van der Waals surface area contributed by atoms with E-state index in [1.807, 2.05) is 19.1 Å². The first-order valence-corrected chi connectivity index (χ1v) is 5.67. The second-order valence-electron chi connectivity index (χ2n) is 3.52. The van der Waals surface area contributed by atoms with Gasteiger partial charge in [-0.2, -0.15) is 0 Å². The molecule has 1 aromatic rings. The summed E-state index contributed by atoms with van der Waals surface area (Å²) in [6.07, 6.45) is 0. The average molecular weight is 242 g/mol. The minimum absolute atomic E-state index is 0.116. The summed E-state index contributed by atoms with van der Waals surface area (Å²) in [5.74, 6) is 0. The summed E-state index contributed by atoms with van der Waals surface area (Å²) >= 11 is 5.51.